The van der Waals surface area contributed by atoms with E-state index in [-0.39, 0.29) is 16.7 Å². The van der Waals surface area contributed by atoms with Crippen molar-refractivity contribution in [1.29, 1.82) is 0 Å². The Labute approximate surface area is 118 Å². The van der Waals surface area contributed by atoms with Gasteiger partial charge < -0.3 is 15.0 Å². The van der Waals surface area contributed by atoms with Crippen LogP contribution in [0.15, 0.2) is 11.0 Å². The highest BCUT2D eigenvalue weighted by molar-refractivity contribution is 7.90. The molecule has 2 aromatic rings. The number of nitrogen functional groups attached to an aromatic ring is 1. The predicted octanol–water partition coefficient (Wildman–Crippen LogP) is 1.92. The van der Waals surface area contributed by atoms with E-state index in [9.17, 15) is 8.42 Å². The monoisotopic (exact) mass is 297 g/mol. The Morgan fingerprint density at radius 2 is 2.00 bits per heavy atom. The minimum atomic E-state index is -3.44. The van der Waals surface area contributed by atoms with Crippen molar-refractivity contribution in [2.45, 2.75) is 31.7 Å². The van der Waals surface area contributed by atoms with Crippen LogP contribution in [0.1, 0.15) is 25.7 Å². The van der Waals surface area contributed by atoms with Crippen molar-refractivity contribution >= 4 is 26.6 Å². The fourth-order valence-electron chi connectivity index (χ4n) is 2.48. The number of imidazole rings is 1. The lowest BCUT2D eigenvalue weighted by Crippen LogP contribution is -2.08. The van der Waals surface area contributed by atoms with E-state index in [1.54, 1.807) is 0 Å². The summed E-state index contributed by atoms with van der Waals surface area (Å²) in [6, 6.07) is 1.68. The Bertz CT molecular complexity index is 776. The molecule has 0 fully saturated rings. The van der Waals surface area contributed by atoms with Crippen LogP contribution in [-0.2, 0) is 9.84 Å². The van der Waals surface area contributed by atoms with Crippen LogP contribution in [-0.4, -0.2) is 31.3 Å². The van der Waals surface area contributed by atoms with Crippen LogP contribution in [0.5, 0.6) is 5.75 Å². The van der Waals surface area contributed by atoms with E-state index in [4.69, 9.17) is 10.5 Å². The van der Waals surface area contributed by atoms with Crippen molar-refractivity contribution in [2.75, 3.05) is 19.1 Å². The Balaban J connectivity index is 2.99. The molecule has 0 bridgehead atoms. The molecule has 0 spiro atoms. The molecule has 0 aliphatic heterocycles. The summed E-state index contributed by atoms with van der Waals surface area (Å²) in [6.07, 6.45) is 1.13. The Kier molecular flexibility index (Phi) is 3.41. The summed E-state index contributed by atoms with van der Waals surface area (Å²) in [5.74, 6) is 0.969. The van der Waals surface area contributed by atoms with Crippen LogP contribution in [0.25, 0.3) is 11.0 Å². The highest BCUT2D eigenvalue weighted by Gasteiger charge is 2.23. The Morgan fingerprint density at radius 3 is 2.45 bits per heavy atom. The number of ether oxygens (including phenoxy) is 1. The number of benzene rings is 1. The second-order valence-corrected chi connectivity index (χ2v) is 7.07. The second-order valence-electron chi connectivity index (χ2n) is 5.08. The maximum Gasteiger partial charge on any atom is 0.179 e. The predicted molar refractivity (Wildman–Crippen MR) is 78.9 cm³/mol. The van der Waals surface area contributed by atoms with Gasteiger partial charge in [-0.25, -0.2) is 13.4 Å². The first kappa shape index (κ1) is 14.6. The van der Waals surface area contributed by atoms with Crippen LogP contribution in [0, 0.1) is 6.92 Å². The lowest BCUT2D eigenvalue weighted by atomic mass is 10.2. The Morgan fingerprint density at radius 1 is 1.40 bits per heavy atom. The van der Waals surface area contributed by atoms with Gasteiger partial charge in [-0.15, -0.1) is 0 Å². The summed E-state index contributed by atoms with van der Waals surface area (Å²) in [5.41, 5.74) is 7.71. The number of hydrogen-bond acceptors (Lipinski definition) is 5. The quantitative estimate of drug-likeness (QED) is 0.875. The van der Waals surface area contributed by atoms with Gasteiger partial charge >= 0.3 is 0 Å². The number of nitrogens with two attached hydrogens (primary N) is 1. The number of rotatable bonds is 3. The van der Waals surface area contributed by atoms with Gasteiger partial charge in [0.1, 0.15) is 16.4 Å². The molecule has 1 aromatic heterocycles. The summed E-state index contributed by atoms with van der Waals surface area (Å²) in [6.45, 7) is 5.90. The molecule has 0 unspecified atom stereocenters. The van der Waals surface area contributed by atoms with Crippen LogP contribution < -0.4 is 10.5 Å². The first-order valence-corrected chi connectivity index (χ1v) is 8.12. The maximum absolute atomic E-state index is 11.9. The minimum Gasteiger partial charge on any atom is -0.493 e. The molecule has 0 saturated carbocycles. The average Bonchev–Trinajstić information content (AvgIpc) is 2.64. The van der Waals surface area contributed by atoms with Crippen molar-refractivity contribution < 1.29 is 13.2 Å². The van der Waals surface area contributed by atoms with Crippen LogP contribution >= 0.6 is 0 Å². The number of methoxy groups -OCH3 is 1. The number of hydrogen-bond donors (Lipinski definition) is 1. The van der Waals surface area contributed by atoms with Gasteiger partial charge in [0.15, 0.2) is 15.6 Å². The van der Waals surface area contributed by atoms with Gasteiger partial charge in [-0.05, 0) is 26.8 Å². The molecule has 0 aliphatic rings. The third kappa shape index (κ3) is 2.11. The molecular formula is C13H19N3O3S. The highest BCUT2D eigenvalue weighted by Crippen LogP contribution is 2.38. The highest BCUT2D eigenvalue weighted by atomic mass is 32.2. The average molecular weight is 297 g/mol. The normalized spacial score (nSPS) is 12.3. The van der Waals surface area contributed by atoms with E-state index in [0.717, 1.165) is 12.1 Å². The third-order valence-corrected chi connectivity index (χ3v) is 4.33. The molecule has 0 atom stereocenters. The van der Waals surface area contributed by atoms with Gasteiger partial charge in [0.05, 0.1) is 18.1 Å². The van der Waals surface area contributed by atoms with Crippen molar-refractivity contribution in [3.63, 3.8) is 0 Å². The SMILES string of the molecule is COc1c(S(C)(=O)=O)cc2nc(C)n(C(C)C)c2c1N. The summed E-state index contributed by atoms with van der Waals surface area (Å²) < 4.78 is 30.9. The number of sulfone groups is 1. The molecule has 1 aromatic carbocycles. The third-order valence-electron chi connectivity index (χ3n) is 3.23. The minimum absolute atomic E-state index is 0.0680. The summed E-state index contributed by atoms with van der Waals surface area (Å²) in [7, 11) is -2.03. The first-order valence-electron chi connectivity index (χ1n) is 6.23. The molecular weight excluding hydrogens is 278 g/mol. The lowest BCUT2D eigenvalue weighted by Gasteiger charge is -2.15. The molecule has 2 rings (SSSR count). The summed E-state index contributed by atoms with van der Waals surface area (Å²) in [5, 5.41) is 0. The van der Waals surface area contributed by atoms with Gasteiger partial charge in [-0.2, -0.15) is 0 Å². The van der Waals surface area contributed by atoms with Gasteiger partial charge in [-0.3, -0.25) is 0 Å². The molecule has 0 saturated heterocycles. The van der Waals surface area contributed by atoms with E-state index >= 15 is 0 Å². The number of nitrogens with zero attached hydrogens (tertiary/aromatic N) is 2. The maximum atomic E-state index is 11.9. The molecule has 0 radical (unpaired) electrons. The first-order chi connectivity index (χ1) is 9.18. The standard InChI is InChI=1S/C13H19N3O3S/c1-7(2)16-8(3)15-9-6-10(20(5,17)18)13(19-4)11(14)12(9)16/h6-7H,14H2,1-5H3. The van der Waals surface area contributed by atoms with Crippen LogP contribution in [0.2, 0.25) is 0 Å². The molecule has 1 heterocycles. The molecule has 110 valence electrons. The number of aryl methyl sites for hydroxylation is 1. The molecule has 6 nitrogen and oxygen atoms in total. The van der Waals surface area contributed by atoms with Crippen molar-refractivity contribution in [2.24, 2.45) is 0 Å². The number of fused-ring (bicyclic) bond motifs is 1. The van der Waals surface area contributed by atoms with E-state index < -0.39 is 9.84 Å². The molecule has 0 aliphatic carbocycles. The van der Waals surface area contributed by atoms with Gasteiger partial charge in [0, 0.05) is 12.3 Å². The van der Waals surface area contributed by atoms with E-state index in [0.29, 0.717) is 16.7 Å². The van der Waals surface area contributed by atoms with Crippen molar-refractivity contribution in [3.05, 3.63) is 11.9 Å². The molecule has 7 heteroatoms. The smallest absolute Gasteiger partial charge is 0.179 e. The fourth-order valence-corrected chi connectivity index (χ4v) is 3.34. The molecule has 2 N–H and O–H groups in total. The van der Waals surface area contributed by atoms with E-state index in [1.165, 1.54) is 13.2 Å². The number of aromatic nitrogens is 2. The topological polar surface area (TPSA) is 87.2 Å². The zero-order valence-corrected chi connectivity index (χ0v) is 13.1. The van der Waals surface area contributed by atoms with Gasteiger partial charge in [-0.1, -0.05) is 0 Å². The summed E-state index contributed by atoms with van der Waals surface area (Å²) >= 11 is 0. The lowest BCUT2D eigenvalue weighted by molar-refractivity contribution is 0.405. The Hall–Kier alpha value is -1.76. The van der Waals surface area contributed by atoms with Crippen molar-refractivity contribution in [3.8, 4) is 5.75 Å². The van der Waals surface area contributed by atoms with E-state index in [1.807, 2.05) is 25.3 Å². The zero-order valence-electron chi connectivity index (χ0n) is 12.3. The number of anilines is 1. The van der Waals surface area contributed by atoms with E-state index in [2.05, 4.69) is 4.98 Å². The van der Waals surface area contributed by atoms with Gasteiger partial charge in [0.25, 0.3) is 0 Å². The van der Waals surface area contributed by atoms with Crippen LogP contribution in [0.3, 0.4) is 0 Å². The molecule has 0 amide bonds. The molecule has 20 heavy (non-hydrogen) atoms. The van der Waals surface area contributed by atoms with Crippen LogP contribution in [0.4, 0.5) is 5.69 Å². The zero-order chi connectivity index (χ0) is 15.2. The van der Waals surface area contributed by atoms with Crippen molar-refractivity contribution in [1.82, 2.24) is 9.55 Å². The fraction of sp³-hybridized carbons (Fsp3) is 0.462. The second kappa shape index (κ2) is 4.66. The largest absolute Gasteiger partial charge is 0.493 e. The summed E-state index contributed by atoms with van der Waals surface area (Å²) in [4.78, 5) is 4.48. The van der Waals surface area contributed by atoms with Gasteiger partial charge in [0.2, 0.25) is 0 Å².